The first kappa shape index (κ1) is 40.9. The first-order chi connectivity index (χ1) is 24.6. The van der Waals surface area contributed by atoms with Crippen LogP contribution in [0.2, 0.25) is 0 Å². The molecule has 0 saturated carbocycles. The third kappa shape index (κ3) is 10.4. The number of carbonyl (C=O) groups is 3. The number of aliphatic hydroxyl groups is 1. The predicted octanol–water partition coefficient (Wildman–Crippen LogP) is 4.30. The first-order valence-corrected chi connectivity index (χ1v) is 19.6. The highest BCUT2D eigenvalue weighted by molar-refractivity contribution is 7.89. The van der Waals surface area contributed by atoms with Gasteiger partial charge in [-0.3, -0.25) is 14.5 Å². The Balaban J connectivity index is 1.62. The van der Waals surface area contributed by atoms with Crippen molar-refractivity contribution in [3.63, 3.8) is 0 Å². The minimum atomic E-state index is -4.09. The number of ether oxygens (including phenoxy) is 2. The van der Waals surface area contributed by atoms with E-state index in [1.807, 2.05) is 65.0 Å². The maximum atomic E-state index is 14.3. The maximum absolute atomic E-state index is 14.3. The lowest BCUT2D eigenvalue weighted by Crippen LogP contribution is -2.57. The van der Waals surface area contributed by atoms with Gasteiger partial charge >= 0.3 is 6.03 Å². The molecule has 1 aliphatic heterocycles. The van der Waals surface area contributed by atoms with E-state index >= 15 is 0 Å². The highest BCUT2D eigenvalue weighted by Crippen LogP contribution is 2.27. The molecule has 2 aromatic carbocycles. The van der Waals surface area contributed by atoms with E-state index in [1.165, 1.54) is 39.8 Å². The van der Waals surface area contributed by atoms with E-state index in [0.717, 1.165) is 10.5 Å². The van der Waals surface area contributed by atoms with Crippen LogP contribution in [0.4, 0.5) is 4.79 Å². The van der Waals surface area contributed by atoms with Crippen molar-refractivity contribution in [2.45, 2.75) is 83.7 Å². The minimum absolute atomic E-state index is 0.0369. The number of nitrogens with zero attached hydrogens (tertiary/aromatic N) is 4. The summed E-state index contributed by atoms with van der Waals surface area (Å²) in [6, 6.07) is 12.7. The number of hydrogen-bond acceptors (Lipinski definition) is 10. The smallest absolute Gasteiger partial charge is 0.328 e. The summed E-state index contributed by atoms with van der Waals surface area (Å²) in [4.78, 5) is 48.1. The Hall–Kier alpha value is -3.89. The number of thiazole rings is 1. The van der Waals surface area contributed by atoms with Gasteiger partial charge in [-0.05, 0) is 47.6 Å². The summed E-state index contributed by atoms with van der Waals surface area (Å²) in [7, 11) is -1.03. The van der Waals surface area contributed by atoms with Gasteiger partial charge in [0, 0.05) is 25.6 Å². The minimum Gasteiger partial charge on any atom is -0.497 e. The van der Waals surface area contributed by atoms with Crippen LogP contribution in [0.1, 0.15) is 57.3 Å². The second-order valence-electron chi connectivity index (χ2n) is 14.3. The predicted molar refractivity (Wildman–Crippen MR) is 198 cm³/mol. The normalized spacial score (nSPS) is 16.2. The summed E-state index contributed by atoms with van der Waals surface area (Å²) in [5, 5.41) is 17.3. The van der Waals surface area contributed by atoms with Gasteiger partial charge in [-0.1, -0.05) is 71.4 Å². The average molecular weight is 758 g/mol. The molecule has 15 heteroatoms. The van der Waals surface area contributed by atoms with Crippen LogP contribution in [0, 0.1) is 11.3 Å². The molecule has 0 radical (unpaired) electrons. The van der Waals surface area contributed by atoms with E-state index in [4.69, 9.17) is 9.47 Å². The largest absolute Gasteiger partial charge is 0.497 e. The molecule has 2 N–H and O–H groups in total. The van der Waals surface area contributed by atoms with E-state index < -0.39 is 51.5 Å². The van der Waals surface area contributed by atoms with Crippen LogP contribution in [-0.2, 0) is 43.9 Å². The number of sulfonamides is 1. The molecule has 52 heavy (non-hydrogen) atoms. The van der Waals surface area contributed by atoms with Gasteiger partial charge in [-0.15, -0.1) is 11.3 Å². The van der Waals surface area contributed by atoms with Crippen molar-refractivity contribution in [3.8, 4) is 5.75 Å². The van der Waals surface area contributed by atoms with E-state index in [1.54, 1.807) is 24.6 Å². The number of aliphatic hydroxyl groups excluding tert-OH is 1. The standard InChI is InChI=1S/C37H51N5O8S2/c1-8-25(2)34(42-21-33(44)41(36(42)46)19-27-23-51-32(38-27)22-49-6)35(45)39-30(18-26-12-10-9-11-13-26)31(43)20-40(24-37(3,4)5)52(47,48)29-16-14-28(50-7)15-17-29/h9-17,23,25,30-31,34,43H,8,18-22,24H2,1-7H3,(H,39,45)/t25?,30-,31+,34?/m0/s1. The van der Waals surface area contributed by atoms with Gasteiger partial charge < -0.3 is 24.8 Å². The molecule has 4 amide bonds. The van der Waals surface area contributed by atoms with Gasteiger partial charge in [0.05, 0.1) is 43.0 Å². The molecule has 1 fully saturated rings. The zero-order valence-corrected chi connectivity index (χ0v) is 32.6. The maximum Gasteiger partial charge on any atom is 0.328 e. The number of rotatable bonds is 18. The van der Waals surface area contributed by atoms with Gasteiger partial charge in [0.25, 0.3) is 5.91 Å². The van der Waals surface area contributed by atoms with Gasteiger partial charge in [0.2, 0.25) is 15.9 Å². The molecule has 3 aromatic rings. The molecule has 2 unspecified atom stereocenters. The van der Waals surface area contributed by atoms with Crippen molar-refractivity contribution in [1.29, 1.82) is 0 Å². The third-order valence-corrected chi connectivity index (χ3v) is 11.6. The Morgan fingerprint density at radius 2 is 1.77 bits per heavy atom. The fraction of sp³-hybridized carbons (Fsp3) is 0.514. The van der Waals surface area contributed by atoms with Crippen LogP contribution in [-0.4, -0.2) is 103 Å². The SMILES string of the molecule is CCC(C)C(C(=O)N[C@@H](Cc1ccccc1)[C@H](O)CN(CC(C)(C)C)S(=O)(=O)c1ccc(OC)cc1)N1CC(=O)N(Cc2csc(COC)n2)C1=O. The first-order valence-electron chi connectivity index (χ1n) is 17.3. The molecular formula is C37H51N5O8S2. The highest BCUT2D eigenvalue weighted by Gasteiger charge is 2.45. The number of carbonyl (C=O) groups excluding carboxylic acids is 3. The van der Waals surface area contributed by atoms with Crippen molar-refractivity contribution in [2.75, 3.05) is 33.9 Å². The lowest BCUT2D eigenvalue weighted by Gasteiger charge is -2.35. The topological polar surface area (TPSA) is 159 Å². The number of imide groups is 1. The number of nitrogens with one attached hydrogen (secondary N) is 1. The van der Waals surface area contributed by atoms with E-state index in [9.17, 15) is 27.9 Å². The fourth-order valence-corrected chi connectivity index (χ4v) is 8.51. The number of benzene rings is 2. The van der Waals surface area contributed by atoms with Crippen molar-refractivity contribution in [1.82, 2.24) is 24.4 Å². The zero-order valence-electron chi connectivity index (χ0n) is 30.9. The van der Waals surface area contributed by atoms with Crippen LogP contribution >= 0.6 is 11.3 Å². The Kier molecular flexibility index (Phi) is 14.0. The van der Waals surface area contributed by atoms with Gasteiger partial charge in [0.15, 0.2) is 0 Å². The monoisotopic (exact) mass is 757 g/mol. The number of methoxy groups -OCH3 is 2. The quantitative estimate of drug-likeness (QED) is 0.181. The van der Waals surface area contributed by atoms with E-state index in [2.05, 4.69) is 10.3 Å². The van der Waals surface area contributed by atoms with Crippen LogP contribution < -0.4 is 10.1 Å². The lowest BCUT2D eigenvalue weighted by molar-refractivity contribution is -0.129. The summed E-state index contributed by atoms with van der Waals surface area (Å²) in [6.07, 6.45) is -0.650. The number of amides is 4. The molecule has 1 aliphatic rings. The summed E-state index contributed by atoms with van der Waals surface area (Å²) >= 11 is 1.37. The Bertz CT molecular complexity index is 1760. The summed E-state index contributed by atoms with van der Waals surface area (Å²) in [6.45, 7) is 9.19. The molecule has 2 heterocycles. The van der Waals surface area contributed by atoms with Gasteiger partial charge in [-0.2, -0.15) is 4.31 Å². The lowest BCUT2D eigenvalue weighted by atomic mass is 9.94. The molecule has 284 valence electrons. The number of aromatic nitrogens is 1. The van der Waals surface area contributed by atoms with Crippen LogP contribution in [0.5, 0.6) is 5.75 Å². The molecule has 0 spiro atoms. The van der Waals surface area contributed by atoms with Gasteiger partial charge in [-0.25, -0.2) is 18.2 Å². The Labute approximate surface area is 311 Å². The number of urea groups is 1. The third-order valence-electron chi connectivity index (χ3n) is 8.89. The molecule has 1 aromatic heterocycles. The molecule has 4 atom stereocenters. The summed E-state index contributed by atoms with van der Waals surface area (Å²) in [5.74, 6) is -0.848. The number of hydrogen-bond donors (Lipinski definition) is 2. The molecule has 13 nitrogen and oxygen atoms in total. The molecule has 1 saturated heterocycles. The molecule has 0 bridgehead atoms. The second-order valence-corrected chi connectivity index (χ2v) is 17.2. The fourth-order valence-electron chi connectivity index (χ4n) is 6.07. The summed E-state index contributed by atoms with van der Waals surface area (Å²) < 4.78 is 39.6. The Morgan fingerprint density at radius 1 is 1.10 bits per heavy atom. The second kappa shape index (κ2) is 17.8. The van der Waals surface area contributed by atoms with Crippen molar-refractivity contribution >= 4 is 39.2 Å². The van der Waals surface area contributed by atoms with Crippen LogP contribution in [0.15, 0.2) is 64.9 Å². The molecular weight excluding hydrogens is 707 g/mol. The molecule has 4 rings (SSSR count). The van der Waals surface area contributed by atoms with Crippen LogP contribution in [0.25, 0.3) is 0 Å². The average Bonchev–Trinajstić information content (AvgIpc) is 3.66. The van der Waals surface area contributed by atoms with E-state index in [-0.39, 0.29) is 43.4 Å². The Morgan fingerprint density at radius 3 is 2.37 bits per heavy atom. The summed E-state index contributed by atoms with van der Waals surface area (Å²) in [5.41, 5.74) is 0.875. The molecule has 0 aliphatic carbocycles. The van der Waals surface area contributed by atoms with Crippen molar-refractivity contribution in [3.05, 3.63) is 76.2 Å². The van der Waals surface area contributed by atoms with Crippen molar-refractivity contribution < 1.29 is 37.4 Å². The van der Waals surface area contributed by atoms with E-state index in [0.29, 0.717) is 29.5 Å². The van der Waals surface area contributed by atoms with Crippen molar-refractivity contribution in [2.24, 2.45) is 11.3 Å². The van der Waals surface area contributed by atoms with Gasteiger partial charge in [0.1, 0.15) is 23.3 Å². The highest BCUT2D eigenvalue weighted by atomic mass is 32.2. The van der Waals surface area contributed by atoms with Crippen LogP contribution in [0.3, 0.4) is 0 Å². The zero-order chi connectivity index (χ0) is 38.2.